The van der Waals surface area contributed by atoms with Gasteiger partial charge in [0.15, 0.2) is 5.75 Å². The fourth-order valence-electron chi connectivity index (χ4n) is 3.19. The van der Waals surface area contributed by atoms with Crippen LogP contribution in [0.3, 0.4) is 0 Å². The molecule has 4 rings (SSSR count). The normalized spacial score (nSPS) is 12.0. The molecule has 0 aliphatic rings. The average molecular weight is 612 g/mol. The van der Waals surface area contributed by atoms with Gasteiger partial charge in [-0.25, -0.2) is 17.8 Å². The molecule has 39 heavy (non-hydrogen) atoms. The van der Waals surface area contributed by atoms with E-state index in [0.29, 0.717) is 11.1 Å². The molecule has 1 amide bonds. The van der Waals surface area contributed by atoms with Crippen molar-refractivity contribution in [3.63, 3.8) is 0 Å². The fraction of sp³-hybridized carbons (Fsp3) is 0.0870. The van der Waals surface area contributed by atoms with Crippen LogP contribution in [-0.4, -0.2) is 45.8 Å². The number of halogens is 3. The highest BCUT2D eigenvalue weighted by Crippen LogP contribution is 2.42. The van der Waals surface area contributed by atoms with Crippen molar-refractivity contribution < 1.29 is 32.2 Å². The number of para-hydroxylation sites is 1. The Hall–Kier alpha value is -3.85. The van der Waals surface area contributed by atoms with Gasteiger partial charge in [-0.3, -0.25) is 19.3 Å². The van der Waals surface area contributed by atoms with Crippen LogP contribution < -0.4 is 14.8 Å². The third-order valence-corrected chi connectivity index (χ3v) is 7.72. The molecule has 0 unspecified atom stereocenters. The smallest absolute Gasteiger partial charge is 0.325 e. The minimum absolute atomic E-state index is 0.0273. The minimum atomic E-state index is -4.38. The molecular weight excluding hydrogens is 596 g/mol. The van der Waals surface area contributed by atoms with Gasteiger partial charge in [-0.1, -0.05) is 35.3 Å². The number of hydrogen-bond acceptors (Lipinski definition) is 9. The summed E-state index contributed by atoms with van der Waals surface area (Å²) in [5.74, 6) is -3.31. The fourth-order valence-corrected chi connectivity index (χ4v) is 5.41. The highest BCUT2D eigenvalue weighted by atomic mass is 35.5. The van der Waals surface area contributed by atoms with E-state index in [1.807, 2.05) is 0 Å². The monoisotopic (exact) mass is 611 g/mol. The SMILES string of the molecule is C[C@H](NC(=O)c1cc(-c2cccc(Cl)c2Oc2cc(F)c(S(=O)(=O)Nc3ncns3)cc2Cl)ccn1)C(=O)O. The van der Waals surface area contributed by atoms with E-state index in [0.717, 1.165) is 30.0 Å². The molecule has 0 spiro atoms. The van der Waals surface area contributed by atoms with Crippen LogP contribution in [0.2, 0.25) is 10.0 Å². The van der Waals surface area contributed by atoms with Crippen LogP contribution in [0.25, 0.3) is 11.1 Å². The van der Waals surface area contributed by atoms with Gasteiger partial charge in [-0.15, -0.1) is 0 Å². The summed E-state index contributed by atoms with van der Waals surface area (Å²) in [6, 6.07) is 8.17. The molecule has 0 saturated carbocycles. The average Bonchev–Trinajstić information content (AvgIpc) is 3.39. The number of hydrogen-bond donors (Lipinski definition) is 3. The van der Waals surface area contributed by atoms with Gasteiger partial charge in [-0.05, 0) is 36.8 Å². The Kier molecular flexibility index (Phi) is 8.30. The summed E-state index contributed by atoms with van der Waals surface area (Å²) in [5.41, 5.74) is 0.692. The molecule has 3 N–H and O–H groups in total. The molecule has 11 nitrogen and oxygen atoms in total. The quantitative estimate of drug-likeness (QED) is 0.240. The van der Waals surface area contributed by atoms with Crippen LogP contribution in [0.15, 0.2) is 59.9 Å². The zero-order chi connectivity index (χ0) is 28.3. The molecule has 0 aliphatic heterocycles. The molecule has 2 heterocycles. The lowest BCUT2D eigenvalue weighted by Gasteiger charge is -2.16. The molecule has 0 saturated heterocycles. The molecule has 2 aromatic carbocycles. The molecule has 0 bridgehead atoms. The number of amides is 1. The number of anilines is 1. The summed E-state index contributed by atoms with van der Waals surface area (Å²) in [7, 11) is -4.38. The number of pyridine rings is 1. The van der Waals surface area contributed by atoms with E-state index >= 15 is 0 Å². The molecule has 4 aromatic rings. The summed E-state index contributed by atoms with van der Waals surface area (Å²) in [4.78, 5) is 30.5. The van der Waals surface area contributed by atoms with E-state index in [2.05, 4.69) is 24.4 Å². The molecule has 0 aliphatic carbocycles. The second kappa shape index (κ2) is 11.5. The highest BCUT2D eigenvalue weighted by molar-refractivity contribution is 7.93. The second-order valence-corrected chi connectivity index (χ2v) is 11.0. The summed E-state index contributed by atoms with van der Waals surface area (Å²) >= 11 is 13.4. The van der Waals surface area contributed by atoms with Crippen LogP contribution in [0.1, 0.15) is 17.4 Å². The van der Waals surface area contributed by atoms with Gasteiger partial charge in [0, 0.05) is 29.4 Å². The maximum absolute atomic E-state index is 15.0. The van der Waals surface area contributed by atoms with Gasteiger partial charge in [0.1, 0.15) is 34.5 Å². The predicted molar refractivity (Wildman–Crippen MR) is 141 cm³/mol. The number of sulfonamides is 1. The standard InChI is InChI=1S/C23H16Cl2FN5O6S2/c1-11(22(33)34)30-21(32)17-7-12(5-6-27-17)13-3-2-4-14(24)20(13)37-18-9-16(26)19(8-15(18)25)39(35,36)31-23-28-10-29-38-23/h2-11H,1H3,(H,30,32)(H,33,34)(H,28,29,31)/t11-/m0/s1. The Morgan fingerprint density at radius 2 is 1.90 bits per heavy atom. The van der Waals surface area contributed by atoms with Crippen molar-refractivity contribution in [2.45, 2.75) is 17.9 Å². The number of ether oxygens (including phenoxy) is 1. The lowest BCUT2D eigenvalue weighted by molar-refractivity contribution is -0.138. The van der Waals surface area contributed by atoms with E-state index in [4.69, 9.17) is 33.0 Å². The van der Waals surface area contributed by atoms with Crippen LogP contribution in [0, 0.1) is 5.82 Å². The van der Waals surface area contributed by atoms with E-state index < -0.39 is 38.7 Å². The van der Waals surface area contributed by atoms with E-state index in [1.165, 1.54) is 25.3 Å². The zero-order valence-electron chi connectivity index (χ0n) is 19.6. The molecular formula is C23H16Cl2FN5O6S2. The Bertz CT molecular complexity index is 1670. The summed E-state index contributed by atoms with van der Waals surface area (Å²) in [6.45, 7) is 1.30. The van der Waals surface area contributed by atoms with Gasteiger partial charge < -0.3 is 15.2 Å². The Morgan fingerprint density at radius 3 is 2.59 bits per heavy atom. The van der Waals surface area contributed by atoms with Crippen molar-refractivity contribution >= 4 is 61.8 Å². The Labute approximate surface area is 234 Å². The number of nitrogens with one attached hydrogen (secondary N) is 2. The first kappa shape index (κ1) is 28.2. The molecule has 202 valence electrons. The van der Waals surface area contributed by atoms with Crippen molar-refractivity contribution in [2.24, 2.45) is 0 Å². The van der Waals surface area contributed by atoms with Crippen LogP contribution in [0.5, 0.6) is 11.5 Å². The van der Waals surface area contributed by atoms with E-state index in [9.17, 15) is 22.4 Å². The Balaban J connectivity index is 1.67. The van der Waals surface area contributed by atoms with Crippen LogP contribution >= 0.6 is 34.7 Å². The molecule has 2 aromatic heterocycles. The number of carbonyl (C=O) groups is 2. The molecule has 0 radical (unpaired) electrons. The minimum Gasteiger partial charge on any atom is -0.480 e. The van der Waals surface area contributed by atoms with Crippen molar-refractivity contribution in [3.05, 3.63) is 76.5 Å². The first-order valence-electron chi connectivity index (χ1n) is 10.7. The zero-order valence-corrected chi connectivity index (χ0v) is 22.7. The molecule has 0 fully saturated rings. The first-order chi connectivity index (χ1) is 18.5. The van der Waals surface area contributed by atoms with Crippen LogP contribution in [0.4, 0.5) is 9.52 Å². The van der Waals surface area contributed by atoms with Gasteiger partial charge in [0.25, 0.3) is 15.9 Å². The van der Waals surface area contributed by atoms with E-state index in [1.54, 1.807) is 18.2 Å². The highest BCUT2D eigenvalue weighted by Gasteiger charge is 2.24. The summed E-state index contributed by atoms with van der Waals surface area (Å²) < 4.78 is 51.8. The number of aromatic nitrogens is 3. The predicted octanol–water partition coefficient (Wildman–Crippen LogP) is 4.84. The third kappa shape index (κ3) is 6.42. The summed E-state index contributed by atoms with van der Waals surface area (Å²) in [6.07, 6.45) is 2.47. The Morgan fingerprint density at radius 1 is 1.13 bits per heavy atom. The number of aliphatic carboxylic acids is 1. The van der Waals surface area contributed by atoms with Gasteiger partial charge >= 0.3 is 5.97 Å². The van der Waals surface area contributed by atoms with Gasteiger partial charge in [0.05, 0.1) is 10.0 Å². The molecule has 1 atom stereocenters. The van der Waals surface area contributed by atoms with Crippen molar-refractivity contribution in [2.75, 3.05) is 4.72 Å². The lowest BCUT2D eigenvalue weighted by atomic mass is 10.0. The topological polar surface area (TPSA) is 160 Å². The van der Waals surface area contributed by atoms with Gasteiger partial charge in [-0.2, -0.15) is 4.37 Å². The maximum atomic E-state index is 15.0. The number of carboxylic acids is 1. The number of rotatable bonds is 9. The lowest BCUT2D eigenvalue weighted by Crippen LogP contribution is -2.38. The number of carboxylic acid groups (broad SMARTS) is 1. The van der Waals surface area contributed by atoms with E-state index in [-0.39, 0.29) is 32.4 Å². The maximum Gasteiger partial charge on any atom is 0.325 e. The number of carbonyl (C=O) groups excluding carboxylic acids is 1. The first-order valence-corrected chi connectivity index (χ1v) is 13.7. The van der Waals surface area contributed by atoms with Crippen molar-refractivity contribution in [1.82, 2.24) is 19.7 Å². The van der Waals surface area contributed by atoms with Crippen LogP contribution in [-0.2, 0) is 14.8 Å². The van der Waals surface area contributed by atoms with Crippen molar-refractivity contribution in [1.29, 1.82) is 0 Å². The van der Waals surface area contributed by atoms with Gasteiger partial charge in [0.2, 0.25) is 5.13 Å². The number of benzene rings is 2. The van der Waals surface area contributed by atoms with Crippen molar-refractivity contribution in [3.8, 4) is 22.6 Å². The summed E-state index contributed by atoms with van der Waals surface area (Å²) in [5, 5.41) is 11.1. The second-order valence-electron chi connectivity index (χ2n) is 7.75. The third-order valence-electron chi connectivity index (χ3n) is 5.06. The number of nitrogens with zero attached hydrogens (tertiary/aromatic N) is 3. The largest absolute Gasteiger partial charge is 0.480 e. The molecule has 16 heteroatoms.